The average molecular weight is 565 g/mol. The van der Waals surface area contributed by atoms with Crippen LogP contribution in [0.25, 0.3) is 0 Å². The van der Waals surface area contributed by atoms with Gasteiger partial charge in [-0.05, 0) is 32.1 Å². The molecule has 1 N–H and O–H groups in total. The van der Waals surface area contributed by atoms with E-state index in [1.807, 2.05) is 6.92 Å². The SMILES string of the molecule is CCCCCCCCCCCCCCCCCCCCCCCCC/C=C/CCC(CC(=O)O)C(=O)OCCC. The molecule has 1 unspecified atom stereocenters. The van der Waals surface area contributed by atoms with Crippen LogP contribution >= 0.6 is 0 Å². The van der Waals surface area contributed by atoms with Gasteiger partial charge in [-0.2, -0.15) is 0 Å². The van der Waals surface area contributed by atoms with Crippen LogP contribution in [0.4, 0.5) is 0 Å². The minimum Gasteiger partial charge on any atom is -0.481 e. The molecular weight excluding hydrogens is 496 g/mol. The standard InChI is InChI=1S/C36H68O4/c1-3-5-6-7-8-9-10-11-12-13-14-15-16-17-18-19-20-21-22-23-24-25-26-27-28-29-30-31-34(33-35(37)38)36(39)40-32-4-2/h28-29,34H,3-27,30-33H2,1-2H3,(H,37,38)/b29-28+. The van der Waals surface area contributed by atoms with E-state index in [0.717, 1.165) is 19.3 Å². The predicted molar refractivity (Wildman–Crippen MR) is 172 cm³/mol. The van der Waals surface area contributed by atoms with Crippen LogP contribution in [0.1, 0.15) is 194 Å². The van der Waals surface area contributed by atoms with Crippen molar-refractivity contribution in [2.45, 2.75) is 194 Å². The third-order valence-corrected chi connectivity index (χ3v) is 8.03. The lowest BCUT2D eigenvalue weighted by atomic mass is 9.99. The monoisotopic (exact) mass is 565 g/mol. The van der Waals surface area contributed by atoms with E-state index in [4.69, 9.17) is 9.84 Å². The Balaban J connectivity index is 3.35. The van der Waals surface area contributed by atoms with Crippen molar-refractivity contribution in [1.82, 2.24) is 0 Å². The fourth-order valence-corrected chi connectivity index (χ4v) is 5.42. The Morgan fingerprint density at radius 3 is 1.30 bits per heavy atom. The van der Waals surface area contributed by atoms with Crippen LogP contribution < -0.4 is 0 Å². The quantitative estimate of drug-likeness (QED) is 0.0501. The van der Waals surface area contributed by atoms with Gasteiger partial charge < -0.3 is 9.84 Å². The molecule has 4 heteroatoms. The average Bonchev–Trinajstić information content (AvgIpc) is 2.94. The van der Waals surface area contributed by atoms with Crippen molar-refractivity contribution in [2.75, 3.05) is 6.61 Å². The van der Waals surface area contributed by atoms with Gasteiger partial charge >= 0.3 is 11.9 Å². The number of carboxylic acid groups (broad SMARTS) is 1. The zero-order valence-corrected chi connectivity index (χ0v) is 26.9. The van der Waals surface area contributed by atoms with Gasteiger partial charge in [0.05, 0.1) is 18.9 Å². The first-order valence-electron chi connectivity index (χ1n) is 17.6. The van der Waals surface area contributed by atoms with E-state index in [0.29, 0.717) is 13.0 Å². The summed E-state index contributed by atoms with van der Waals surface area (Å²) in [5.41, 5.74) is 0. The van der Waals surface area contributed by atoms with Crippen molar-refractivity contribution in [3.05, 3.63) is 12.2 Å². The molecule has 0 aliphatic rings. The lowest BCUT2D eigenvalue weighted by Gasteiger charge is -2.12. The van der Waals surface area contributed by atoms with Crippen molar-refractivity contribution >= 4 is 11.9 Å². The number of hydrogen-bond donors (Lipinski definition) is 1. The minimum absolute atomic E-state index is 0.143. The van der Waals surface area contributed by atoms with Crippen LogP contribution in [0, 0.1) is 5.92 Å². The molecule has 0 aromatic carbocycles. The lowest BCUT2D eigenvalue weighted by Crippen LogP contribution is -2.21. The summed E-state index contributed by atoms with van der Waals surface area (Å²) >= 11 is 0. The van der Waals surface area contributed by atoms with Crippen molar-refractivity contribution in [1.29, 1.82) is 0 Å². The predicted octanol–water partition coefficient (Wildman–Crippen LogP) is 11.7. The molecule has 0 heterocycles. The summed E-state index contributed by atoms with van der Waals surface area (Å²) in [5, 5.41) is 9.03. The number of carbonyl (C=O) groups is 2. The number of carboxylic acids is 1. The van der Waals surface area contributed by atoms with Gasteiger partial charge in [-0.25, -0.2) is 0 Å². The fraction of sp³-hybridized carbons (Fsp3) is 0.889. The summed E-state index contributed by atoms with van der Waals surface area (Å²) < 4.78 is 5.14. The third kappa shape index (κ3) is 29.7. The van der Waals surface area contributed by atoms with E-state index in [1.165, 1.54) is 148 Å². The van der Waals surface area contributed by atoms with Crippen molar-refractivity contribution in [3.8, 4) is 0 Å². The Kier molecular flexibility index (Phi) is 31.1. The number of hydrogen-bond acceptors (Lipinski definition) is 3. The molecule has 0 rings (SSSR count). The number of carbonyl (C=O) groups excluding carboxylic acids is 1. The van der Waals surface area contributed by atoms with Gasteiger partial charge in [0.25, 0.3) is 0 Å². The summed E-state index contributed by atoms with van der Waals surface area (Å²) in [6.45, 7) is 4.59. The summed E-state index contributed by atoms with van der Waals surface area (Å²) in [6.07, 6.45) is 39.7. The van der Waals surface area contributed by atoms with Crippen molar-refractivity contribution < 1.29 is 19.4 Å². The van der Waals surface area contributed by atoms with E-state index in [9.17, 15) is 9.59 Å². The first kappa shape index (κ1) is 38.7. The summed E-state index contributed by atoms with van der Waals surface area (Å²) in [6, 6.07) is 0. The number of unbranched alkanes of at least 4 members (excludes halogenated alkanes) is 23. The second kappa shape index (κ2) is 32.2. The number of aliphatic carboxylic acids is 1. The number of esters is 1. The molecular formula is C36H68O4. The molecule has 0 aliphatic carbocycles. The first-order valence-corrected chi connectivity index (χ1v) is 17.6. The maximum Gasteiger partial charge on any atom is 0.309 e. The van der Waals surface area contributed by atoms with E-state index >= 15 is 0 Å². The molecule has 0 bridgehead atoms. The Bertz CT molecular complexity index is 571. The molecule has 0 aliphatic heterocycles. The van der Waals surface area contributed by atoms with E-state index in [2.05, 4.69) is 19.1 Å². The minimum atomic E-state index is -0.938. The maximum absolute atomic E-state index is 12.0. The summed E-state index contributed by atoms with van der Waals surface area (Å²) in [5.74, 6) is -1.84. The molecule has 0 radical (unpaired) electrons. The largest absolute Gasteiger partial charge is 0.481 e. The third-order valence-electron chi connectivity index (χ3n) is 8.03. The van der Waals surface area contributed by atoms with Crippen molar-refractivity contribution in [2.24, 2.45) is 5.92 Å². The highest BCUT2D eigenvalue weighted by Crippen LogP contribution is 2.17. The zero-order chi connectivity index (χ0) is 29.4. The highest BCUT2D eigenvalue weighted by atomic mass is 16.5. The fourth-order valence-electron chi connectivity index (χ4n) is 5.42. The highest BCUT2D eigenvalue weighted by molar-refractivity contribution is 5.79. The van der Waals surface area contributed by atoms with E-state index in [1.54, 1.807) is 0 Å². The van der Waals surface area contributed by atoms with Gasteiger partial charge in [-0.15, -0.1) is 0 Å². The first-order chi connectivity index (χ1) is 19.6. The zero-order valence-electron chi connectivity index (χ0n) is 26.9. The Labute approximate surface area is 249 Å². The van der Waals surface area contributed by atoms with Gasteiger partial charge in [0.15, 0.2) is 0 Å². The Morgan fingerprint density at radius 2 is 0.925 bits per heavy atom. The van der Waals surface area contributed by atoms with Crippen LogP contribution in [0.5, 0.6) is 0 Å². The molecule has 0 aromatic heterocycles. The number of ether oxygens (including phenoxy) is 1. The van der Waals surface area contributed by atoms with Gasteiger partial charge in [0, 0.05) is 0 Å². The Hall–Kier alpha value is -1.32. The summed E-state index contributed by atoms with van der Waals surface area (Å²) in [4.78, 5) is 23.0. The molecule has 0 saturated heterocycles. The number of rotatable bonds is 32. The molecule has 0 saturated carbocycles. The lowest BCUT2D eigenvalue weighted by molar-refractivity contribution is -0.153. The van der Waals surface area contributed by atoms with Crippen LogP contribution in [0.3, 0.4) is 0 Å². The highest BCUT2D eigenvalue weighted by Gasteiger charge is 2.22. The van der Waals surface area contributed by atoms with Gasteiger partial charge in [0.1, 0.15) is 0 Å². The van der Waals surface area contributed by atoms with Gasteiger partial charge in [0.2, 0.25) is 0 Å². The molecule has 0 fully saturated rings. The van der Waals surface area contributed by atoms with Crippen LogP contribution in [0.15, 0.2) is 12.2 Å². The second-order valence-electron chi connectivity index (χ2n) is 12.1. The molecule has 0 spiro atoms. The van der Waals surface area contributed by atoms with Crippen LogP contribution in [-0.2, 0) is 14.3 Å². The summed E-state index contributed by atoms with van der Waals surface area (Å²) in [7, 11) is 0. The molecule has 0 amide bonds. The maximum atomic E-state index is 12.0. The topological polar surface area (TPSA) is 63.6 Å². The van der Waals surface area contributed by atoms with E-state index in [-0.39, 0.29) is 12.4 Å². The molecule has 4 nitrogen and oxygen atoms in total. The number of allylic oxidation sites excluding steroid dienone is 2. The van der Waals surface area contributed by atoms with Crippen LogP contribution in [0.2, 0.25) is 0 Å². The van der Waals surface area contributed by atoms with Gasteiger partial charge in [-0.1, -0.05) is 167 Å². The Morgan fingerprint density at radius 1 is 0.550 bits per heavy atom. The molecule has 0 aromatic rings. The molecule has 40 heavy (non-hydrogen) atoms. The van der Waals surface area contributed by atoms with E-state index < -0.39 is 11.9 Å². The smallest absolute Gasteiger partial charge is 0.309 e. The van der Waals surface area contributed by atoms with Gasteiger partial charge in [-0.3, -0.25) is 9.59 Å². The van der Waals surface area contributed by atoms with Crippen LogP contribution in [-0.4, -0.2) is 23.7 Å². The van der Waals surface area contributed by atoms with Crippen molar-refractivity contribution in [3.63, 3.8) is 0 Å². The second-order valence-corrected chi connectivity index (χ2v) is 12.1. The molecule has 1 atom stereocenters. The normalized spacial score (nSPS) is 12.2. The molecule has 236 valence electrons.